The van der Waals surface area contributed by atoms with Gasteiger partial charge < -0.3 is 18.8 Å². The summed E-state index contributed by atoms with van der Waals surface area (Å²) >= 11 is 0. The number of rotatable bonds is 7. The molecule has 0 amide bonds. The minimum absolute atomic E-state index is 0.223. The van der Waals surface area contributed by atoms with Crippen LogP contribution in [0.1, 0.15) is 40.2 Å². The van der Waals surface area contributed by atoms with E-state index in [0.29, 0.717) is 13.2 Å². The van der Waals surface area contributed by atoms with E-state index in [0.717, 1.165) is 16.8 Å². The smallest absolute Gasteiger partial charge is 0.494 e. The van der Waals surface area contributed by atoms with Crippen molar-refractivity contribution >= 4 is 18.6 Å². The molecule has 0 radical (unpaired) electrons. The normalized spacial score (nSPS) is 18.2. The highest BCUT2D eigenvalue weighted by atomic mass is 16.7. The number of methoxy groups -OCH3 is 1. The van der Waals surface area contributed by atoms with E-state index in [1.54, 1.807) is 0 Å². The number of carbonyl (C=O) groups excluding carboxylic acids is 1. The SMILES string of the molecule is CCOc1cc(CN(C)CC(=O)OC)cc(B2OC(C)(C)C(C)(C)O2)c1. The lowest BCUT2D eigenvalue weighted by molar-refractivity contribution is -0.141. The van der Waals surface area contributed by atoms with Crippen molar-refractivity contribution in [2.45, 2.75) is 52.4 Å². The Morgan fingerprint density at radius 3 is 2.31 bits per heavy atom. The van der Waals surface area contributed by atoms with Crippen LogP contribution < -0.4 is 10.2 Å². The van der Waals surface area contributed by atoms with Gasteiger partial charge in [0.15, 0.2) is 0 Å². The first-order chi connectivity index (χ1) is 12.1. The van der Waals surface area contributed by atoms with E-state index in [1.165, 1.54) is 7.11 Å². The average Bonchev–Trinajstić information content (AvgIpc) is 2.75. The molecule has 0 aromatic heterocycles. The van der Waals surface area contributed by atoms with Gasteiger partial charge in [0.25, 0.3) is 0 Å². The molecule has 1 fully saturated rings. The summed E-state index contributed by atoms with van der Waals surface area (Å²) in [5, 5.41) is 0. The third kappa shape index (κ3) is 4.78. The molecule has 0 unspecified atom stereocenters. The Morgan fingerprint density at radius 1 is 1.15 bits per heavy atom. The molecule has 0 N–H and O–H groups in total. The molecule has 6 nitrogen and oxygen atoms in total. The second kappa shape index (κ2) is 7.98. The van der Waals surface area contributed by atoms with Crippen LogP contribution >= 0.6 is 0 Å². The van der Waals surface area contributed by atoms with Crippen LogP contribution in [0.5, 0.6) is 5.75 Å². The monoisotopic (exact) mass is 363 g/mol. The molecule has 1 aliphatic rings. The number of carbonyl (C=O) groups is 1. The van der Waals surface area contributed by atoms with Crippen molar-refractivity contribution in [3.8, 4) is 5.75 Å². The lowest BCUT2D eigenvalue weighted by Crippen LogP contribution is -2.41. The van der Waals surface area contributed by atoms with Gasteiger partial charge in [-0.05, 0) is 64.8 Å². The van der Waals surface area contributed by atoms with Crippen molar-refractivity contribution in [1.82, 2.24) is 4.90 Å². The van der Waals surface area contributed by atoms with Crippen LogP contribution in [0.15, 0.2) is 18.2 Å². The highest BCUT2D eigenvalue weighted by molar-refractivity contribution is 6.62. The Balaban J connectivity index is 2.24. The molecular weight excluding hydrogens is 333 g/mol. The molecule has 7 heteroatoms. The first kappa shape index (κ1) is 20.7. The molecular formula is C19H30BNO5. The van der Waals surface area contributed by atoms with E-state index in [-0.39, 0.29) is 12.5 Å². The molecule has 144 valence electrons. The molecule has 1 aromatic carbocycles. The fourth-order valence-electron chi connectivity index (χ4n) is 2.80. The molecule has 0 saturated carbocycles. The number of nitrogens with zero attached hydrogens (tertiary/aromatic N) is 1. The van der Waals surface area contributed by atoms with Gasteiger partial charge in [-0.3, -0.25) is 9.69 Å². The second-order valence-corrected chi connectivity index (χ2v) is 7.68. The third-order valence-corrected chi connectivity index (χ3v) is 4.90. The summed E-state index contributed by atoms with van der Waals surface area (Å²) in [6, 6.07) is 5.97. The minimum Gasteiger partial charge on any atom is -0.494 e. The summed E-state index contributed by atoms with van der Waals surface area (Å²) in [5.74, 6) is 0.501. The molecule has 2 rings (SSSR count). The summed E-state index contributed by atoms with van der Waals surface area (Å²) in [6.07, 6.45) is 0. The highest BCUT2D eigenvalue weighted by Crippen LogP contribution is 2.36. The van der Waals surface area contributed by atoms with Gasteiger partial charge in [-0.2, -0.15) is 0 Å². The average molecular weight is 363 g/mol. The molecule has 1 aromatic rings. The molecule has 0 atom stereocenters. The fraction of sp³-hybridized carbons (Fsp3) is 0.632. The highest BCUT2D eigenvalue weighted by Gasteiger charge is 2.51. The zero-order valence-electron chi connectivity index (χ0n) is 16.9. The Kier molecular flexibility index (Phi) is 6.37. The van der Waals surface area contributed by atoms with Gasteiger partial charge in [0.2, 0.25) is 0 Å². The van der Waals surface area contributed by atoms with Crippen molar-refractivity contribution < 1.29 is 23.6 Å². The molecule has 26 heavy (non-hydrogen) atoms. The first-order valence-corrected chi connectivity index (χ1v) is 8.95. The Bertz CT molecular complexity index is 631. The number of likely N-dealkylation sites (N-methyl/N-ethyl adjacent to an activating group) is 1. The van der Waals surface area contributed by atoms with Crippen LogP contribution in [0.4, 0.5) is 0 Å². The standard InChI is InChI=1S/C19H30BNO5/c1-8-24-16-10-14(12-21(6)13-17(22)23-7)9-15(11-16)20-25-18(2,3)19(4,5)26-20/h9-11H,8,12-13H2,1-7H3. The van der Waals surface area contributed by atoms with Crippen LogP contribution in [-0.4, -0.2) is 56.5 Å². The Morgan fingerprint density at radius 2 is 1.77 bits per heavy atom. The Hall–Kier alpha value is -1.57. The van der Waals surface area contributed by atoms with Crippen LogP contribution in [0.25, 0.3) is 0 Å². The lowest BCUT2D eigenvalue weighted by atomic mass is 9.78. The molecule has 0 aliphatic carbocycles. The Labute approximate surface area is 156 Å². The number of ether oxygens (including phenoxy) is 2. The molecule has 0 spiro atoms. The van der Waals surface area contributed by atoms with E-state index < -0.39 is 18.3 Å². The van der Waals surface area contributed by atoms with Gasteiger partial charge in [0.1, 0.15) is 5.75 Å². The minimum atomic E-state index is -0.454. The number of esters is 1. The van der Waals surface area contributed by atoms with Gasteiger partial charge in [-0.15, -0.1) is 0 Å². The summed E-state index contributed by atoms with van der Waals surface area (Å²) in [7, 11) is 2.81. The topological polar surface area (TPSA) is 57.2 Å². The van der Waals surface area contributed by atoms with Gasteiger partial charge in [-0.25, -0.2) is 0 Å². The maximum absolute atomic E-state index is 11.5. The molecule has 1 heterocycles. The third-order valence-electron chi connectivity index (χ3n) is 4.90. The predicted octanol–water partition coefficient (Wildman–Crippen LogP) is 1.99. The lowest BCUT2D eigenvalue weighted by Gasteiger charge is -2.32. The molecule has 1 saturated heterocycles. The van der Waals surface area contributed by atoms with Gasteiger partial charge in [0, 0.05) is 6.54 Å². The van der Waals surface area contributed by atoms with Crippen molar-refractivity contribution in [2.24, 2.45) is 0 Å². The summed E-state index contributed by atoms with van der Waals surface area (Å²) in [6.45, 7) is 11.5. The fourth-order valence-corrected chi connectivity index (χ4v) is 2.80. The van der Waals surface area contributed by atoms with Crippen LogP contribution in [-0.2, 0) is 25.4 Å². The van der Waals surface area contributed by atoms with Crippen molar-refractivity contribution in [3.63, 3.8) is 0 Å². The van der Waals surface area contributed by atoms with E-state index in [2.05, 4.69) is 0 Å². The quantitative estimate of drug-likeness (QED) is 0.546. The summed E-state index contributed by atoms with van der Waals surface area (Å²) in [4.78, 5) is 13.4. The van der Waals surface area contributed by atoms with Crippen molar-refractivity contribution in [1.29, 1.82) is 0 Å². The maximum atomic E-state index is 11.5. The van der Waals surface area contributed by atoms with Gasteiger partial charge >= 0.3 is 13.1 Å². The summed E-state index contributed by atoms with van der Waals surface area (Å²) in [5.41, 5.74) is 1.13. The van der Waals surface area contributed by atoms with Gasteiger partial charge in [0.05, 0.1) is 31.5 Å². The van der Waals surface area contributed by atoms with Crippen molar-refractivity contribution in [3.05, 3.63) is 23.8 Å². The predicted molar refractivity (Wildman–Crippen MR) is 102 cm³/mol. The van der Waals surface area contributed by atoms with Crippen LogP contribution in [0, 0.1) is 0 Å². The van der Waals surface area contributed by atoms with Crippen LogP contribution in [0.3, 0.4) is 0 Å². The number of hydrogen-bond acceptors (Lipinski definition) is 6. The van der Waals surface area contributed by atoms with E-state index in [9.17, 15) is 4.79 Å². The summed E-state index contributed by atoms with van der Waals surface area (Å²) < 4.78 is 22.8. The van der Waals surface area contributed by atoms with Crippen molar-refractivity contribution in [2.75, 3.05) is 27.3 Å². The number of hydrogen-bond donors (Lipinski definition) is 0. The molecule has 0 bridgehead atoms. The maximum Gasteiger partial charge on any atom is 0.494 e. The second-order valence-electron chi connectivity index (χ2n) is 7.68. The van der Waals surface area contributed by atoms with E-state index in [4.69, 9.17) is 18.8 Å². The van der Waals surface area contributed by atoms with E-state index >= 15 is 0 Å². The number of benzene rings is 1. The zero-order chi connectivity index (χ0) is 19.5. The first-order valence-electron chi connectivity index (χ1n) is 8.95. The van der Waals surface area contributed by atoms with E-state index in [1.807, 2.05) is 64.8 Å². The zero-order valence-corrected chi connectivity index (χ0v) is 16.9. The molecule has 1 aliphatic heterocycles. The van der Waals surface area contributed by atoms with Gasteiger partial charge in [-0.1, -0.05) is 6.07 Å². The largest absolute Gasteiger partial charge is 0.494 e. The van der Waals surface area contributed by atoms with Crippen LogP contribution in [0.2, 0.25) is 0 Å².